The van der Waals surface area contributed by atoms with Crippen LogP contribution < -0.4 is 10.1 Å². The van der Waals surface area contributed by atoms with Gasteiger partial charge in [0.2, 0.25) is 0 Å². The summed E-state index contributed by atoms with van der Waals surface area (Å²) in [5.41, 5.74) is 3.55. The van der Waals surface area contributed by atoms with Gasteiger partial charge in [-0.2, -0.15) is 0 Å². The summed E-state index contributed by atoms with van der Waals surface area (Å²) in [6, 6.07) is 19.9. The molecular weight excluding hydrogens is 355 g/mol. The maximum absolute atomic E-state index is 5.88. The molecule has 2 aromatic carbocycles. The molecular formula is C20H20Cl2N2O. The lowest BCUT2D eigenvalue weighted by atomic mass is 10.2. The highest BCUT2D eigenvalue weighted by atomic mass is 35.5. The first-order valence-electron chi connectivity index (χ1n) is 7.85. The molecule has 5 heteroatoms. The van der Waals surface area contributed by atoms with Gasteiger partial charge in [-0.15, -0.1) is 12.4 Å². The molecule has 0 aliphatic rings. The van der Waals surface area contributed by atoms with Crippen LogP contribution in [0.15, 0.2) is 73.1 Å². The van der Waals surface area contributed by atoms with Crippen molar-refractivity contribution in [3.63, 3.8) is 0 Å². The third kappa shape index (κ3) is 6.39. The lowest BCUT2D eigenvalue weighted by Gasteiger charge is -2.08. The Morgan fingerprint density at radius 1 is 0.760 bits per heavy atom. The zero-order valence-corrected chi connectivity index (χ0v) is 15.3. The van der Waals surface area contributed by atoms with E-state index in [1.165, 1.54) is 11.1 Å². The van der Waals surface area contributed by atoms with Gasteiger partial charge in [-0.25, -0.2) is 0 Å². The minimum atomic E-state index is 0. The van der Waals surface area contributed by atoms with Gasteiger partial charge in [0.1, 0.15) is 12.4 Å². The van der Waals surface area contributed by atoms with E-state index < -0.39 is 0 Å². The summed E-state index contributed by atoms with van der Waals surface area (Å²) in [7, 11) is 0. The molecule has 130 valence electrons. The van der Waals surface area contributed by atoms with E-state index in [9.17, 15) is 0 Å². The zero-order valence-electron chi connectivity index (χ0n) is 13.7. The smallest absolute Gasteiger partial charge is 0.119 e. The molecule has 3 aromatic rings. The second kappa shape index (κ2) is 10.0. The second-order valence-electron chi connectivity index (χ2n) is 5.52. The van der Waals surface area contributed by atoms with Crippen LogP contribution in [-0.4, -0.2) is 4.98 Å². The Labute approximate surface area is 159 Å². The van der Waals surface area contributed by atoms with Crippen LogP contribution in [0, 0.1) is 0 Å². The molecule has 0 bridgehead atoms. The fourth-order valence-corrected chi connectivity index (χ4v) is 2.43. The predicted molar refractivity (Wildman–Crippen MR) is 104 cm³/mol. The number of pyridine rings is 1. The third-order valence-corrected chi connectivity index (χ3v) is 3.90. The van der Waals surface area contributed by atoms with E-state index in [0.717, 1.165) is 29.4 Å². The quantitative estimate of drug-likeness (QED) is 0.629. The SMILES string of the molecule is Cl.Clc1ccc(COc2ccc(CNCc3ccncc3)cc2)cc1. The monoisotopic (exact) mass is 374 g/mol. The standard InChI is InChI=1S/C20H19ClN2O.ClH/c21-19-5-1-18(2-6-19)15-24-20-7-3-16(4-8-20)13-23-14-17-9-11-22-12-10-17;/h1-12,23H,13-15H2;1H. The first-order chi connectivity index (χ1) is 11.8. The molecule has 0 unspecified atom stereocenters. The van der Waals surface area contributed by atoms with E-state index in [4.69, 9.17) is 16.3 Å². The Balaban J connectivity index is 0.00000225. The van der Waals surface area contributed by atoms with Crippen LogP contribution in [0.2, 0.25) is 5.02 Å². The van der Waals surface area contributed by atoms with Crippen LogP contribution in [0.3, 0.4) is 0 Å². The number of hydrogen-bond donors (Lipinski definition) is 1. The van der Waals surface area contributed by atoms with Gasteiger partial charge in [-0.1, -0.05) is 35.9 Å². The van der Waals surface area contributed by atoms with Crippen molar-refractivity contribution in [2.24, 2.45) is 0 Å². The highest BCUT2D eigenvalue weighted by Gasteiger charge is 1.98. The summed E-state index contributed by atoms with van der Waals surface area (Å²) in [6.07, 6.45) is 3.62. The molecule has 1 heterocycles. The van der Waals surface area contributed by atoms with Crippen molar-refractivity contribution in [3.05, 3.63) is 94.8 Å². The minimum Gasteiger partial charge on any atom is -0.489 e. The Bertz CT molecular complexity index is 747. The van der Waals surface area contributed by atoms with E-state index in [0.29, 0.717) is 6.61 Å². The van der Waals surface area contributed by atoms with E-state index in [1.54, 1.807) is 0 Å². The van der Waals surface area contributed by atoms with E-state index in [1.807, 2.05) is 60.9 Å². The fraction of sp³-hybridized carbons (Fsp3) is 0.150. The van der Waals surface area contributed by atoms with Gasteiger partial charge in [-0.05, 0) is 53.1 Å². The molecule has 0 aliphatic heterocycles. The van der Waals surface area contributed by atoms with Gasteiger partial charge in [0.05, 0.1) is 0 Å². The van der Waals surface area contributed by atoms with Gasteiger partial charge in [0.15, 0.2) is 0 Å². The lowest BCUT2D eigenvalue weighted by molar-refractivity contribution is 0.306. The average Bonchev–Trinajstić information content (AvgIpc) is 2.63. The number of ether oxygens (including phenoxy) is 1. The number of rotatable bonds is 7. The van der Waals surface area contributed by atoms with Crippen LogP contribution in [-0.2, 0) is 19.7 Å². The summed E-state index contributed by atoms with van der Waals surface area (Å²) in [6.45, 7) is 2.19. The minimum absolute atomic E-state index is 0. The molecule has 1 N–H and O–H groups in total. The molecule has 0 saturated heterocycles. The number of aromatic nitrogens is 1. The number of benzene rings is 2. The van der Waals surface area contributed by atoms with Crippen LogP contribution in [0.1, 0.15) is 16.7 Å². The van der Waals surface area contributed by atoms with Gasteiger partial charge < -0.3 is 10.1 Å². The van der Waals surface area contributed by atoms with E-state index in [2.05, 4.69) is 22.4 Å². The molecule has 3 rings (SSSR count). The van der Waals surface area contributed by atoms with Crippen molar-refractivity contribution in [1.82, 2.24) is 10.3 Å². The van der Waals surface area contributed by atoms with Crippen molar-refractivity contribution in [2.45, 2.75) is 19.7 Å². The Kier molecular flexibility index (Phi) is 7.74. The number of nitrogens with one attached hydrogen (secondary N) is 1. The molecule has 0 atom stereocenters. The second-order valence-corrected chi connectivity index (χ2v) is 5.95. The molecule has 0 fully saturated rings. The highest BCUT2D eigenvalue weighted by molar-refractivity contribution is 6.30. The summed E-state index contributed by atoms with van der Waals surface area (Å²) < 4.78 is 5.79. The van der Waals surface area contributed by atoms with Crippen LogP contribution in [0.25, 0.3) is 0 Å². The van der Waals surface area contributed by atoms with Crippen LogP contribution >= 0.6 is 24.0 Å². The third-order valence-electron chi connectivity index (χ3n) is 3.65. The molecule has 1 aromatic heterocycles. The normalized spacial score (nSPS) is 10.1. The van der Waals surface area contributed by atoms with E-state index >= 15 is 0 Å². The Morgan fingerprint density at radius 3 is 1.96 bits per heavy atom. The number of nitrogens with zero attached hydrogens (tertiary/aromatic N) is 1. The first-order valence-corrected chi connectivity index (χ1v) is 8.23. The lowest BCUT2D eigenvalue weighted by Crippen LogP contribution is -2.12. The predicted octanol–water partition coefficient (Wildman–Crippen LogP) is 5.03. The topological polar surface area (TPSA) is 34.1 Å². The highest BCUT2D eigenvalue weighted by Crippen LogP contribution is 2.15. The molecule has 25 heavy (non-hydrogen) atoms. The molecule has 0 aliphatic carbocycles. The zero-order chi connectivity index (χ0) is 16.6. The number of halogens is 2. The van der Waals surface area contributed by atoms with Crippen molar-refractivity contribution in [3.8, 4) is 5.75 Å². The molecule has 0 radical (unpaired) electrons. The van der Waals surface area contributed by atoms with Crippen molar-refractivity contribution < 1.29 is 4.74 Å². The van der Waals surface area contributed by atoms with Crippen LogP contribution in [0.4, 0.5) is 0 Å². The maximum Gasteiger partial charge on any atom is 0.119 e. The van der Waals surface area contributed by atoms with Gasteiger partial charge in [0, 0.05) is 30.5 Å². The maximum atomic E-state index is 5.88. The molecule has 0 amide bonds. The fourth-order valence-electron chi connectivity index (χ4n) is 2.30. The van der Waals surface area contributed by atoms with E-state index in [-0.39, 0.29) is 12.4 Å². The molecule has 0 saturated carbocycles. The Hall–Kier alpha value is -2.07. The summed E-state index contributed by atoms with van der Waals surface area (Å²) in [5.74, 6) is 0.864. The van der Waals surface area contributed by atoms with Crippen molar-refractivity contribution >= 4 is 24.0 Å². The Morgan fingerprint density at radius 2 is 1.32 bits per heavy atom. The van der Waals surface area contributed by atoms with Gasteiger partial charge in [0.25, 0.3) is 0 Å². The molecule has 0 spiro atoms. The van der Waals surface area contributed by atoms with Crippen molar-refractivity contribution in [2.75, 3.05) is 0 Å². The van der Waals surface area contributed by atoms with Crippen molar-refractivity contribution in [1.29, 1.82) is 0 Å². The summed E-state index contributed by atoms with van der Waals surface area (Å²) >= 11 is 5.88. The number of hydrogen-bond acceptors (Lipinski definition) is 3. The van der Waals surface area contributed by atoms with Gasteiger partial charge in [-0.3, -0.25) is 4.98 Å². The van der Waals surface area contributed by atoms with Gasteiger partial charge >= 0.3 is 0 Å². The molecule has 3 nitrogen and oxygen atoms in total. The first kappa shape index (κ1) is 19.3. The summed E-state index contributed by atoms with van der Waals surface area (Å²) in [4.78, 5) is 4.02. The van der Waals surface area contributed by atoms with Crippen LogP contribution in [0.5, 0.6) is 5.75 Å². The average molecular weight is 375 g/mol. The largest absolute Gasteiger partial charge is 0.489 e. The summed E-state index contributed by atoms with van der Waals surface area (Å²) in [5, 5.41) is 4.16.